The quantitative estimate of drug-likeness (QED) is 0.796. The number of fused-ring (bicyclic) bond motifs is 1. The fraction of sp³-hybridized carbons (Fsp3) is 0.429. The maximum atomic E-state index is 10.2. The number of nitrogens with zero attached hydrogens (tertiary/aromatic N) is 3. The predicted molar refractivity (Wildman–Crippen MR) is 72.2 cm³/mol. The first-order chi connectivity index (χ1) is 9.13. The van der Waals surface area contributed by atoms with E-state index in [0.29, 0.717) is 19.3 Å². The molecule has 0 aliphatic heterocycles. The van der Waals surface area contributed by atoms with Crippen LogP contribution in [0.5, 0.6) is 0 Å². The number of hydrogen-bond acceptors (Lipinski definition) is 4. The molecule has 0 aliphatic rings. The molecule has 0 amide bonds. The van der Waals surface area contributed by atoms with Gasteiger partial charge in [-0.2, -0.15) is 0 Å². The fourth-order valence-corrected chi connectivity index (χ4v) is 2.05. The average Bonchev–Trinajstić information content (AvgIpc) is 2.83. The summed E-state index contributed by atoms with van der Waals surface area (Å²) in [6.07, 6.45) is 8.63. The van der Waals surface area contributed by atoms with Crippen LogP contribution in [0.1, 0.15) is 31.2 Å². The normalized spacial score (nSPS) is 14.2. The van der Waals surface area contributed by atoms with Gasteiger partial charge in [0.2, 0.25) is 0 Å². The lowest BCUT2D eigenvalue weighted by atomic mass is 10.1. The van der Waals surface area contributed by atoms with Gasteiger partial charge >= 0.3 is 0 Å². The van der Waals surface area contributed by atoms with Gasteiger partial charge in [0.1, 0.15) is 24.3 Å². The molecule has 0 saturated heterocycles. The van der Waals surface area contributed by atoms with Crippen molar-refractivity contribution in [3.8, 4) is 12.3 Å². The van der Waals surface area contributed by atoms with Gasteiger partial charge in [-0.05, 0) is 32.3 Å². The van der Waals surface area contributed by atoms with Crippen molar-refractivity contribution < 1.29 is 10.2 Å². The number of aliphatic hydroxyl groups excluding tert-OH is 2. The zero-order valence-corrected chi connectivity index (χ0v) is 10.8. The Morgan fingerprint density at radius 3 is 2.89 bits per heavy atom. The van der Waals surface area contributed by atoms with E-state index in [0.717, 1.165) is 16.7 Å². The second-order valence-electron chi connectivity index (χ2n) is 4.51. The summed E-state index contributed by atoms with van der Waals surface area (Å²) in [6.45, 7) is 1.91. The monoisotopic (exact) mass is 259 g/mol. The SMILES string of the molecule is C#CC(O)CCC[C@@H](O)n1ccc2c(C)ncnc21. The molecule has 2 N–H and O–H groups in total. The van der Waals surface area contributed by atoms with Crippen LogP contribution in [-0.4, -0.2) is 30.9 Å². The standard InChI is InChI=1S/C14H17N3O2/c1-3-11(18)5-4-6-13(19)17-8-7-12-10(2)15-9-16-14(12)17/h1,7-9,11,13,18-19H,4-6H2,2H3/t11?,13-/m1/s1. The van der Waals surface area contributed by atoms with Crippen molar-refractivity contribution in [1.82, 2.24) is 14.5 Å². The van der Waals surface area contributed by atoms with Crippen LogP contribution < -0.4 is 0 Å². The second kappa shape index (κ2) is 5.83. The molecule has 2 heterocycles. The van der Waals surface area contributed by atoms with Crippen LogP contribution in [0.4, 0.5) is 0 Å². The topological polar surface area (TPSA) is 71.2 Å². The second-order valence-corrected chi connectivity index (χ2v) is 4.51. The number of terminal acetylenes is 1. The van der Waals surface area contributed by atoms with Crippen molar-refractivity contribution in [2.75, 3.05) is 0 Å². The van der Waals surface area contributed by atoms with Crippen LogP contribution in [0.3, 0.4) is 0 Å². The summed E-state index contributed by atoms with van der Waals surface area (Å²) in [5.41, 5.74) is 1.61. The zero-order valence-electron chi connectivity index (χ0n) is 10.8. The summed E-state index contributed by atoms with van der Waals surface area (Å²) in [5, 5.41) is 20.4. The minimum atomic E-state index is -0.738. The summed E-state index contributed by atoms with van der Waals surface area (Å²) in [4.78, 5) is 8.31. The van der Waals surface area contributed by atoms with E-state index < -0.39 is 12.3 Å². The molecular formula is C14H17N3O2. The van der Waals surface area contributed by atoms with E-state index in [1.54, 1.807) is 10.8 Å². The van der Waals surface area contributed by atoms with Crippen molar-refractivity contribution in [2.24, 2.45) is 0 Å². The van der Waals surface area contributed by atoms with Gasteiger partial charge < -0.3 is 14.8 Å². The fourth-order valence-electron chi connectivity index (χ4n) is 2.05. The third kappa shape index (κ3) is 2.92. The van der Waals surface area contributed by atoms with Crippen LogP contribution in [0, 0.1) is 19.3 Å². The largest absolute Gasteiger partial charge is 0.380 e. The summed E-state index contributed by atoms with van der Waals surface area (Å²) in [7, 11) is 0. The van der Waals surface area contributed by atoms with Crippen LogP contribution in [0.15, 0.2) is 18.6 Å². The molecule has 1 unspecified atom stereocenters. The highest BCUT2D eigenvalue weighted by Crippen LogP contribution is 2.21. The number of rotatable bonds is 5. The van der Waals surface area contributed by atoms with Crippen molar-refractivity contribution in [2.45, 2.75) is 38.5 Å². The van der Waals surface area contributed by atoms with Crippen LogP contribution in [-0.2, 0) is 0 Å². The summed E-state index contributed by atoms with van der Waals surface area (Å²) < 4.78 is 1.71. The number of aryl methyl sites for hydroxylation is 1. The molecule has 0 radical (unpaired) electrons. The summed E-state index contributed by atoms with van der Waals surface area (Å²) in [6, 6.07) is 1.89. The van der Waals surface area contributed by atoms with E-state index in [1.807, 2.05) is 13.0 Å². The van der Waals surface area contributed by atoms with E-state index >= 15 is 0 Å². The smallest absolute Gasteiger partial charge is 0.145 e. The van der Waals surface area contributed by atoms with E-state index in [9.17, 15) is 10.2 Å². The molecular weight excluding hydrogens is 242 g/mol. The number of aliphatic hydroxyl groups is 2. The maximum absolute atomic E-state index is 10.2. The Kier molecular flexibility index (Phi) is 4.15. The van der Waals surface area contributed by atoms with Crippen molar-refractivity contribution >= 4 is 11.0 Å². The minimum Gasteiger partial charge on any atom is -0.380 e. The molecule has 0 fully saturated rings. The van der Waals surface area contributed by atoms with Gasteiger partial charge in [0.05, 0.1) is 5.69 Å². The van der Waals surface area contributed by atoms with Crippen molar-refractivity contribution in [3.05, 3.63) is 24.3 Å². The Hall–Kier alpha value is -1.90. The highest BCUT2D eigenvalue weighted by molar-refractivity contribution is 5.78. The van der Waals surface area contributed by atoms with Crippen molar-refractivity contribution in [3.63, 3.8) is 0 Å². The highest BCUT2D eigenvalue weighted by atomic mass is 16.3. The zero-order chi connectivity index (χ0) is 13.8. The Balaban J connectivity index is 2.08. The van der Waals surface area contributed by atoms with Gasteiger partial charge in [-0.25, -0.2) is 9.97 Å². The summed E-state index contributed by atoms with van der Waals surface area (Å²) >= 11 is 0. The lowest BCUT2D eigenvalue weighted by Crippen LogP contribution is -2.09. The molecule has 2 rings (SSSR count). The maximum Gasteiger partial charge on any atom is 0.145 e. The molecule has 0 aromatic carbocycles. The van der Waals surface area contributed by atoms with E-state index in [-0.39, 0.29) is 0 Å². The molecule has 19 heavy (non-hydrogen) atoms. The van der Waals surface area contributed by atoms with Gasteiger partial charge in [0.25, 0.3) is 0 Å². The van der Waals surface area contributed by atoms with Gasteiger partial charge in [0, 0.05) is 11.6 Å². The van der Waals surface area contributed by atoms with E-state index in [1.165, 1.54) is 6.33 Å². The van der Waals surface area contributed by atoms with Gasteiger partial charge in [0.15, 0.2) is 0 Å². The molecule has 0 bridgehead atoms. The minimum absolute atomic E-state index is 0.487. The predicted octanol–water partition coefficient (Wildman–Crippen LogP) is 1.40. The van der Waals surface area contributed by atoms with Gasteiger partial charge in [-0.1, -0.05) is 5.92 Å². The molecule has 5 heteroatoms. The first-order valence-electron chi connectivity index (χ1n) is 6.24. The number of aromatic nitrogens is 3. The van der Waals surface area contributed by atoms with Gasteiger partial charge in [-0.3, -0.25) is 0 Å². The molecule has 2 aromatic rings. The van der Waals surface area contributed by atoms with E-state index in [2.05, 4.69) is 15.9 Å². The third-order valence-electron chi connectivity index (χ3n) is 3.16. The first-order valence-corrected chi connectivity index (χ1v) is 6.24. The average molecular weight is 259 g/mol. The molecule has 0 aliphatic carbocycles. The van der Waals surface area contributed by atoms with Crippen LogP contribution >= 0.6 is 0 Å². The molecule has 100 valence electrons. The molecule has 2 aromatic heterocycles. The Morgan fingerprint density at radius 1 is 1.37 bits per heavy atom. The third-order valence-corrected chi connectivity index (χ3v) is 3.16. The molecule has 0 saturated carbocycles. The van der Waals surface area contributed by atoms with E-state index in [4.69, 9.17) is 6.42 Å². The first kappa shape index (κ1) is 13.5. The Bertz CT molecular complexity index is 600. The van der Waals surface area contributed by atoms with Crippen LogP contribution in [0.25, 0.3) is 11.0 Å². The lowest BCUT2D eigenvalue weighted by Gasteiger charge is -2.13. The highest BCUT2D eigenvalue weighted by Gasteiger charge is 2.12. The van der Waals surface area contributed by atoms with Gasteiger partial charge in [-0.15, -0.1) is 6.42 Å². The Morgan fingerprint density at radius 2 is 2.16 bits per heavy atom. The van der Waals surface area contributed by atoms with Crippen molar-refractivity contribution in [1.29, 1.82) is 0 Å². The Labute approximate surface area is 111 Å². The lowest BCUT2D eigenvalue weighted by molar-refractivity contribution is 0.0912. The van der Waals surface area contributed by atoms with Crippen LogP contribution in [0.2, 0.25) is 0 Å². The molecule has 2 atom stereocenters. The summed E-state index contributed by atoms with van der Waals surface area (Å²) in [5.74, 6) is 2.26. The molecule has 5 nitrogen and oxygen atoms in total. The molecule has 0 spiro atoms. The number of hydrogen-bond donors (Lipinski definition) is 2.